The van der Waals surface area contributed by atoms with E-state index in [2.05, 4.69) is 9.47 Å². The Balaban J connectivity index is 3.11. The van der Waals surface area contributed by atoms with E-state index < -0.39 is 30.3 Å². The molecule has 2 N–H and O–H groups in total. The molecule has 0 aromatic heterocycles. The van der Waals surface area contributed by atoms with Gasteiger partial charge in [0, 0.05) is 12.1 Å². The highest BCUT2D eigenvalue weighted by atomic mass is 19.4. The Morgan fingerprint density at radius 3 is 1.53 bits per heavy atom. The number of hydrogen-bond acceptors (Lipinski definition) is 3. The first-order chi connectivity index (χ1) is 8.46. The van der Waals surface area contributed by atoms with Crippen LogP contribution in [0.3, 0.4) is 0 Å². The summed E-state index contributed by atoms with van der Waals surface area (Å²) < 4.78 is 79.3. The molecule has 0 fully saturated rings. The minimum atomic E-state index is -5.02. The third-order valence-electron chi connectivity index (χ3n) is 1.90. The second-order valence-corrected chi connectivity index (χ2v) is 3.62. The second kappa shape index (κ2) is 5.16. The van der Waals surface area contributed by atoms with Crippen molar-refractivity contribution in [1.29, 1.82) is 0 Å². The summed E-state index contributed by atoms with van der Waals surface area (Å²) in [6.07, 6.45) is -10.0. The van der Waals surface area contributed by atoms with Crippen molar-refractivity contribution in [3.05, 3.63) is 23.8 Å². The van der Waals surface area contributed by atoms with E-state index in [9.17, 15) is 26.3 Å². The normalized spacial score (nSPS) is 14.1. The molecule has 0 spiro atoms. The number of ether oxygens (including phenoxy) is 2. The molecule has 0 bridgehead atoms. The van der Waals surface area contributed by atoms with Gasteiger partial charge in [0.1, 0.15) is 11.5 Å². The van der Waals surface area contributed by atoms with Crippen LogP contribution in [-0.2, 0) is 0 Å². The topological polar surface area (TPSA) is 44.5 Å². The molecule has 9 heteroatoms. The SMILES string of the molecule is C[C@@H](N)c1cc(OC(F)(F)F)cc(OC(F)(F)F)c1. The first kappa shape index (κ1) is 15.4. The lowest BCUT2D eigenvalue weighted by atomic mass is 10.1. The largest absolute Gasteiger partial charge is 0.573 e. The summed E-state index contributed by atoms with van der Waals surface area (Å²) in [7, 11) is 0. The monoisotopic (exact) mass is 289 g/mol. The van der Waals surface area contributed by atoms with Crippen molar-refractivity contribution in [2.75, 3.05) is 0 Å². The van der Waals surface area contributed by atoms with Gasteiger partial charge in [-0.1, -0.05) is 0 Å². The van der Waals surface area contributed by atoms with Crippen LogP contribution in [0.1, 0.15) is 18.5 Å². The predicted molar refractivity (Wildman–Crippen MR) is 52.4 cm³/mol. The molecular formula is C10H9F6NO2. The van der Waals surface area contributed by atoms with Gasteiger partial charge in [-0.3, -0.25) is 0 Å². The van der Waals surface area contributed by atoms with Crippen molar-refractivity contribution in [2.24, 2.45) is 5.73 Å². The van der Waals surface area contributed by atoms with Crippen LogP contribution >= 0.6 is 0 Å². The van der Waals surface area contributed by atoms with Crippen LogP contribution in [0.25, 0.3) is 0 Å². The van der Waals surface area contributed by atoms with Crippen LogP contribution in [-0.4, -0.2) is 12.7 Å². The standard InChI is InChI=1S/C10H9F6NO2/c1-5(17)6-2-7(18-9(11,12)13)4-8(3-6)19-10(14,15)16/h2-5H,17H2,1H3/t5-/m1/s1. The Labute approximate surface area is 103 Å². The van der Waals surface area contributed by atoms with E-state index in [4.69, 9.17) is 5.73 Å². The molecule has 0 saturated carbocycles. The van der Waals surface area contributed by atoms with Crippen molar-refractivity contribution in [2.45, 2.75) is 25.7 Å². The summed E-state index contributed by atoms with van der Waals surface area (Å²) in [6.45, 7) is 1.39. The molecule has 0 aliphatic rings. The van der Waals surface area contributed by atoms with Crippen molar-refractivity contribution < 1.29 is 35.8 Å². The molecule has 1 aromatic carbocycles. The van der Waals surface area contributed by atoms with Gasteiger partial charge >= 0.3 is 12.7 Å². The Morgan fingerprint density at radius 1 is 0.895 bits per heavy atom. The van der Waals surface area contributed by atoms with Crippen LogP contribution < -0.4 is 15.2 Å². The van der Waals surface area contributed by atoms with Gasteiger partial charge in [0.05, 0.1) is 0 Å². The van der Waals surface area contributed by atoms with Gasteiger partial charge in [-0.25, -0.2) is 0 Å². The number of rotatable bonds is 3. The van der Waals surface area contributed by atoms with Gasteiger partial charge in [-0.15, -0.1) is 26.3 Å². The van der Waals surface area contributed by atoms with Gasteiger partial charge in [0.15, 0.2) is 0 Å². The summed E-state index contributed by atoms with van der Waals surface area (Å²) in [6, 6.07) is 1.47. The average molecular weight is 289 g/mol. The Bertz CT molecular complexity index is 406. The minimum Gasteiger partial charge on any atom is -0.406 e. The van der Waals surface area contributed by atoms with E-state index in [1.54, 1.807) is 0 Å². The molecule has 0 aliphatic carbocycles. The number of benzene rings is 1. The minimum absolute atomic E-state index is 0.0148. The molecule has 108 valence electrons. The zero-order valence-electron chi connectivity index (χ0n) is 9.47. The molecule has 19 heavy (non-hydrogen) atoms. The van der Waals surface area contributed by atoms with Crippen LogP contribution in [0.5, 0.6) is 11.5 Å². The summed E-state index contributed by atoms with van der Waals surface area (Å²) >= 11 is 0. The molecule has 0 aliphatic heterocycles. The molecule has 0 radical (unpaired) electrons. The maximum atomic E-state index is 12.0. The highest BCUT2D eigenvalue weighted by Crippen LogP contribution is 2.32. The highest BCUT2D eigenvalue weighted by molar-refractivity contribution is 5.39. The number of halogens is 6. The Kier molecular flexibility index (Phi) is 4.18. The van der Waals surface area contributed by atoms with E-state index >= 15 is 0 Å². The molecule has 1 atom stereocenters. The maximum Gasteiger partial charge on any atom is 0.573 e. The van der Waals surface area contributed by atoms with Crippen molar-refractivity contribution in [1.82, 2.24) is 0 Å². The van der Waals surface area contributed by atoms with Gasteiger partial charge in [-0.2, -0.15) is 0 Å². The smallest absolute Gasteiger partial charge is 0.406 e. The summed E-state index contributed by atoms with van der Waals surface area (Å²) in [5, 5.41) is 0. The van der Waals surface area contributed by atoms with Crippen LogP contribution in [0.2, 0.25) is 0 Å². The van der Waals surface area contributed by atoms with Crippen LogP contribution in [0, 0.1) is 0 Å². The van der Waals surface area contributed by atoms with Crippen LogP contribution in [0.15, 0.2) is 18.2 Å². The zero-order valence-corrected chi connectivity index (χ0v) is 9.47. The molecule has 3 nitrogen and oxygen atoms in total. The third-order valence-corrected chi connectivity index (χ3v) is 1.90. The summed E-state index contributed by atoms with van der Waals surface area (Å²) in [5.41, 5.74) is 5.42. The fourth-order valence-electron chi connectivity index (χ4n) is 1.24. The van der Waals surface area contributed by atoms with Gasteiger partial charge in [-0.05, 0) is 24.6 Å². The number of hydrogen-bond donors (Lipinski definition) is 1. The van der Waals surface area contributed by atoms with Crippen LogP contribution in [0.4, 0.5) is 26.3 Å². The van der Waals surface area contributed by atoms with E-state index in [0.29, 0.717) is 6.07 Å². The fourth-order valence-corrected chi connectivity index (χ4v) is 1.24. The van der Waals surface area contributed by atoms with E-state index in [1.807, 2.05) is 0 Å². The quantitative estimate of drug-likeness (QED) is 0.866. The molecule has 0 saturated heterocycles. The van der Waals surface area contributed by atoms with E-state index in [0.717, 1.165) is 12.1 Å². The van der Waals surface area contributed by atoms with Crippen molar-refractivity contribution >= 4 is 0 Å². The molecule has 1 rings (SSSR count). The lowest BCUT2D eigenvalue weighted by Gasteiger charge is -2.15. The Morgan fingerprint density at radius 2 is 1.26 bits per heavy atom. The predicted octanol–water partition coefficient (Wildman–Crippen LogP) is 3.50. The molecule has 0 unspecified atom stereocenters. The van der Waals surface area contributed by atoms with E-state index in [-0.39, 0.29) is 5.56 Å². The third kappa shape index (κ3) is 5.69. The molecular weight excluding hydrogens is 280 g/mol. The Hall–Kier alpha value is -1.64. The first-order valence-electron chi connectivity index (χ1n) is 4.88. The lowest BCUT2D eigenvalue weighted by molar-refractivity contribution is -0.276. The van der Waals surface area contributed by atoms with Crippen molar-refractivity contribution in [3.63, 3.8) is 0 Å². The van der Waals surface area contributed by atoms with Gasteiger partial charge in [0.2, 0.25) is 0 Å². The van der Waals surface area contributed by atoms with Gasteiger partial charge < -0.3 is 15.2 Å². The summed E-state index contributed by atoms with van der Waals surface area (Å²) in [4.78, 5) is 0. The lowest BCUT2D eigenvalue weighted by Crippen LogP contribution is -2.19. The highest BCUT2D eigenvalue weighted by Gasteiger charge is 2.34. The fraction of sp³-hybridized carbons (Fsp3) is 0.400. The maximum absolute atomic E-state index is 12.0. The zero-order chi connectivity index (χ0) is 14.8. The van der Waals surface area contributed by atoms with Gasteiger partial charge in [0.25, 0.3) is 0 Å². The molecule has 0 heterocycles. The number of nitrogens with two attached hydrogens (primary N) is 1. The first-order valence-corrected chi connectivity index (χ1v) is 4.88. The molecule has 0 amide bonds. The van der Waals surface area contributed by atoms with E-state index in [1.165, 1.54) is 6.92 Å². The summed E-state index contributed by atoms with van der Waals surface area (Å²) in [5.74, 6) is -1.66. The second-order valence-electron chi connectivity index (χ2n) is 3.62. The van der Waals surface area contributed by atoms with Crippen molar-refractivity contribution in [3.8, 4) is 11.5 Å². The average Bonchev–Trinajstić information content (AvgIpc) is 2.10. The molecule has 1 aromatic rings. The number of alkyl halides is 6.